The van der Waals surface area contributed by atoms with E-state index >= 15 is 0 Å². The van der Waals surface area contributed by atoms with Crippen molar-refractivity contribution in [1.29, 1.82) is 0 Å². The van der Waals surface area contributed by atoms with Crippen molar-refractivity contribution < 1.29 is 9.47 Å². The van der Waals surface area contributed by atoms with E-state index in [0.29, 0.717) is 18.3 Å². The number of aromatic nitrogens is 2. The number of piperidine rings is 1. The Labute approximate surface area is 126 Å². The lowest BCUT2D eigenvalue weighted by Gasteiger charge is -2.37. The number of nitrogens with zero attached hydrogens (tertiary/aromatic N) is 3. The topological polar surface area (TPSA) is 59.5 Å². The van der Waals surface area contributed by atoms with Crippen LogP contribution in [0.25, 0.3) is 0 Å². The van der Waals surface area contributed by atoms with Crippen molar-refractivity contribution in [1.82, 2.24) is 9.97 Å². The van der Waals surface area contributed by atoms with Gasteiger partial charge in [-0.1, -0.05) is 6.92 Å². The molecule has 0 spiro atoms. The summed E-state index contributed by atoms with van der Waals surface area (Å²) >= 11 is 0. The van der Waals surface area contributed by atoms with E-state index in [-0.39, 0.29) is 6.10 Å². The molecule has 1 N–H and O–H groups in total. The Balaban J connectivity index is 2.20. The molecule has 21 heavy (non-hydrogen) atoms. The maximum absolute atomic E-state index is 5.59. The quantitative estimate of drug-likeness (QED) is 0.865. The molecule has 1 aliphatic heterocycles. The van der Waals surface area contributed by atoms with Crippen LogP contribution in [-0.2, 0) is 16.1 Å². The summed E-state index contributed by atoms with van der Waals surface area (Å²) in [6.07, 6.45) is 1.36. The van der Waals surface area contributed by atoms with Crippen LogP contribution in [0.5, 0.6) is 0 Å². The third-order valence-corrected chi connectivity index (χ3v) is 3.91. The highest BCUT2D eigenvalue weighted by atomic mass is 16.5. The first-order chi connectivity index (χ1) is 10.2. The Morgan fingerprint density at radius 3 is 2.86 bits per heavy atom. The summed E-state index contributed by atoms with van der Waals surface area (Å²) in [7, 11) is 3.44. The predicted molar refractivity (Wildman–Crippen MR) is 83.7 cm³/mol. The van der Waals surface area contributed by atoms with Crippen molar-refractivity contribution in [2.45, 2.75) is 33.0 Å². The van der Waals surface area contributed by atoms with Gasteiger partial charge in [0, 0.05) is 39.9 Å². The van der Waals surface area contributed by atoms with Gasteiger partial charge in [0.25, 0.3) is 0 Å². The number of ether oxygens (including phenoxy) is 2. The summed E-state index contributed by atoms with van der Waals surface area (Å²) in [6, 6.07) is 2.01. The molecular formula is C15H26N4O2. The van der Waals surface area contributed by atoms with Crippen LogP contribution in [0.2, 0.25) is 0 Å². The lowest BCUT2D eigenvalue weighted by atomic mass is 9.96. The second-order valence-corrected chi connectivity index (χ2v) is 5.48. The Bertz CT molecular complexity index is 431. The molecule has 6 heteroatoms. The van der Waals surface area contributed by atoms with Crippen molar-refractivity contribution >= 4 is 11.6 Å². The molecule has 1 aromatic rings. The van der Waals surface area contributed by atoms with Crippen LogP contribution in [0.3, 0.4) is 0 Å². The molecule has 1 aliphatic rings. The Kier molecular flexibility index (Phi) is 5.76. The van der Waals surface area contributed by atoms with Crippen molar-refractivity contribution in [3.8, 4) is 0 Å². The zero-order valence-corrected chi connectivity index (χ0v) is 13.4. The summed E-state index contributed by atoms with van der Waals surface area (Å²) in [5, 5.41) is 3.26. The molecule has 0 bridgehead atoms. The van der Waals surface area contributed by atoms with E-state index < -0.39 is 0 Å². The highest BCUT2D eigenvalue weighted by molar-refractivity contribution is 5.49. The first kappa shape index (κ1) is 16.0. The fourth-order valence-electron chi connectivity index (χ4n) is 2.66. The smallest absolute Gasteiger partial charge is 0.158 e. The van der Waals surface area contributed by atoms with Crippen molar-refractivity contribution in [3.63, 3.8) is 0 Å². The largest absolute Gasteiger partial charge is 0.379 e. The number of hydrogen-bond donors (Lipinski definition) is 1. The second kappa shape index (κ2) is 7.56. The molecule has 0 amide bonds. The average Bonchev–Trinajstić information content (AvgIpc) is 2.48. The molecule has 2 rings (SSSR count). The number of rotatable bonds is 6. The molecule has 1 saturated heterocycles. The van der Waals surface area contributed by atoms with Gasteiger partial charge < -0.3 is 19.7 Å². The Hall–Kier alpha value is -1.40. The van der Waals surface area contributed by atoms with E-state index in [1.807, 2.05) is 6.07 Å². The summed E-state index contributed by atoms with van der Waals surface area (Å²) in [5.74, 6) is 3.09. The van der Waals surface area contributed by atoms with Gasteiger partial charge in [0.2, 0.25) is 0 Å². The van der Waals surface area contributed by atoms with E-state index in [2.05, 4.69) is 34.0 Å². The predicted octanol–water partition coefficient (Wildman–Crippen LogP) is 1.92. The number of hydrogen-bond acceptors (Lipinski definition) is 6. The van der Waals surface area contributed by atoms with E-state index in [1.165, 1.54) is 0 Å². The van der Waals surface area contributed by atoms with E-state index in [0.717, 1.165) is 37.7 Å². The van der Waals surface area contributed by atoms with Gasteiger partial charge in [0.15, 0.2) is 5.82 Å². The summed E-state index contributed by atoms with van der Waals surface area (Å²) in [6.45, 7) is 7.42. The molecule has 1 aromatic heterocycles. The highest BCUT2D eigenvalue weighted by Crippen LogP contribution is 2.25. The van der Waals surface area contributed by atoms with Crippen LogP contribution in [0.4, 0.5) is 11.6 Å². The number of nitrogens with one attached hydrogen (secondary N) is 1. The molecule has 118 valence electrons. The van der Waals surface area contributed by atoms with E-state index in [1.54, 1.807) is 14.2 Å². The van der Waals surface area contributed by atoms with Crippen LogP contribution < -0.4 is 10.2 Å². The van der Waals surface area contributed by atoms with Crippen molar-refractivity contribution in [3.05, 3.63) is 11.9 Å². The first-order valence-corrected chi connectivity index (χ1v) is 7.56. The van der Waals surface area contributed by atoms with E-state index in [9.17, 15) is 0 Å². The Morgan fingerprint density at radius 1 is 1.38 bits per heavy atom. The lowest BCUT2D eigenvalue weighted by Crippen LogP contribution is -2.44. The first-order valence-electron chi connectivity index (χ1n) is 7.56. The van der Waals surface area contributed by atoms with Crippen LogP contribution in [0.1, 0.15) is 26.1 Å². The van der Waals surface area contributed by atoms with Gasteiger partial charge in [0.1, 0.15) is 18.2 Å². The third-order valence-electron chi connectivity index (χ3n) is 3.91. The monoisotopic (exact) mass is 294 g/mol. The molecule has 2 heterocycles. The Morgan fingerprint density at radius 2 is 2.19 bits per heavy atom. The number of methoxy groups -OCH3 is 2. The van der Waals surface area contributed by atoms with Crippen LogP contribution >= 0.6 is 0 Å². The molecule has 1 fully saturated rings. The molecule has 2 atom stereocenters. The fraction of sp³-hybridized carbons (Fsp3) is 0.733. The number of anilines is 2. The molecule has 2 unspecified atom stereocenters. The maximum Gasteiger partial charge on any atom is 0.158 e. The van der Waals surface area contributed by atoms with Crippen LogP contribution in [-0.4, -0.2) is 49.9 Å². The minimum absolute atomic E-state index is 0.252. The zero-order valence-electron chi connectivity index (χ0n) is 13.4. The van der Waals surface area contributed by atoms with Crippen molar-refractivity contribution in [2.24, 2.45) is 5.92 Å². The second-order valence-electron chi connectivity index (χ2n) is 5.48. The van der Waals surface area contributed by atoms with Gasteiger partial charge in [-0.2, -0.15) is 0 Å². The average molecular weight is 294 g/mol. The minimum atomic E-state index is 0.252. The lowest BCUT2D eigenvalue weighted by molar-refractivity contribution is 0.0496. The minimum Gasteiger partial charge on any atom is -0.379 e. The van der Waals surface area contributed by atoms with Gasteiger partial charge in [-0.3, -0.25) is 0 Å². The molecular weight excluding hydrogens is 268 g/mol. The third kappa shape index (κ3) is 4.04. The normalized spacial score (nSPS) is 22.4. The highest BCUT2D eigenvalue weighted by Gasteiger charge is 2.27. The summed E-state index contributed by atoms with van der Waals surface area (Å²) < 4.78 is 10.8. The van der Waals surface area contributed by atoms with Gasteiger partial charge >= 0.3 is 0 Å². The van der Waals surface area contributed by atoms with Crippen molar-refractivity contribution in [2.75, 3.05) is 44.1 Å². The van der Waals surface area contributed by atoms with Crippen LogP contribution in [0, 0.1) is 5.92 Å². The van der Waals surface area contributed by atoms with E-state index in [4.69, 9.17) is 9.47 Å². The van der Waals surface area contributed by atoms with Gasteiger partial charge in [-0.15, -0.1) is 0 Å². The van der Waals surface area contributed by atoms with Crippen LogP contribution in [0.15, 0.2) is 6.07 Å². The molecule has 0 aliphatic carbocycles. The molecule has 0 aromatic carbocycles. The van der Waals surface area contributed by atoms with Gasteiger partial charge in [-0.25, -0.2) is 9.97 Å². The molecule has 0 saturated carbocycles. The summed E-state index contributed by atoms with van der Waals surface area (Å²) in [5.41, 5.74) is 0. The van der Waals surface area contributed by atoms with Gasteiger partial charge in [0.05, 0.1) is 6.10 Å². The molecule has 6 nitrogen and oxygen atoms in total. The molecule has 0 radical (unpaired) electrons. The fourth-order valence-corrected chi connectivity index (χ4v) is 2.66. The zero-order chi connectivity index (χ0) is 15.2. The van der Waals surface area contributed by atoms with Gasteiger partial charge in [-0.05, 0) is 19.3 Å². The SMILES string of the molecule is CCNc1cc(N2CCC(C)C(OC)C2)nc(COC)n1. The maximum atomic E-state index is 5.59. The summed E-state index contributed by atoms with van der Waals surface area (Å²) in [4.78, 5) is 11.3. The standard InChI is InChI=1S/C15H26N4O2/c1-5-16-13-8-15(18-14(17-13)10-20-3)19-7-6-11(2)12(9-19)21-4/h8,11-12H,5-7,9-10H2,1-4H3,(H,16,17,18).